The Morgan fingerprint density at radius 3 is 2.72 bits per heavy atom. The van der Waals surface area contributed by atoms with Gasteiger partial charge in [0.15, 0.2) is 0 Å². The third-order valence-electron chi connectivity index (χ3n) is 2.78. The Labute approximate surface area is 119 Å². The highest BCUT2D eigenvalue weighted by Crippen LogP contribution is 2.22. The molecule has 7 heteroatoms. The van der Waals surface area contributed by atoms with E-state index in [9.17, 15) is 0 Å². The second kappa shape index (κ2) is 5.40. The Morgan fingerprint density at radius 2 is 2.22 bits per heavy atom. The van der Waals surface area contributed by atoms with Crippen molar-refractivity contribution in [3.05, 3.63) is 27.8 Å². The van der Waals surface area contributed by atoms with Crippen molar-refractivity contribution < 1.29 is 0 Å². The van der Waals surface area contributed by atoms with Crippen LogP contribution in [0.2, 0.25) is 0 Å². The molecule has 1 unspecified atom stereocenters. The van der Waals surface area contributed by atoms with E-state index in [4.69, 9.17) is 11.6 Å². The lowest BCUT2D eigenvalue weighted by Crippen LogP contribution is -2.06. The van der Waals surface area contributed by atoms with E-state index in [1.54, 1.807) is 4.68 Å². The molecule has 0 aliphatic carbocycles. The van der Waals surface area contributed by atoms with Crippen LogP contribution in [0.25, 0.3) is 0 Å². The molecule has 2 rings (SSSR count). The van der Waals surface area contributed by atoms with Crippen LogP contribution >= 0.6 is 27.5 Å². The zero-order chi connectivity index (χ0) is 13.3. The maximum Gasteiger partial charge on any atom is 0.100 e. The number of aryl methyl sites for hydroxylation is 2. The summed E-state index contributed by atoms with van der Waals surface area (Å²) >= 11 is 9.55. The maximum absolute atomic E-state index is 5.97. The van der Waals surface area contributed by atoms with Gasteiger partial charge in [0.25, 0.3) is 0 Å². The summed E-state index contributed by atoms with van der Waals surface area (Å²) in [6.45, 7) is 4.59. The van der Waals surface area contributed by atoms with Crippen LogP contribution in [0.15, 0.2) is 10.7 Å². The lowest BCUT2D eigenvalue weighted by molar-refractivity contribution is 0.597. The molecule has 1 atom stereocenters. The quantitative estimate of drug-likeness (QED) is 0.809. The van der Waals surface area contributed by atoms with Crippen molar-refractivity contribution >= 4 is 27.5 Å². The monoisotopic (exact) mass is 331 g/mol. The minimum Gasteiger partial charge on any atom is -0.269 e. The third-order valence-corrected chi connectivity index (χ3v) is 3.92. The summed E-state index contributed by atoms with van der Waals surface area (Å²) < 4.78 is 4.69. The molecular weight excluding hydrogens is 318 g/mol. The molecule has 0 N–H and O–H groups in total. The minimum absolute atomic E-state index is 0.125. The first-order valence-electron chi connectivity index (χ1n) is 5.77. The van der Waals surface area contributed by atoms with Gasteiger partial charge in [-0.2, -0.15) is 5.10 Å². The molecule has 0 saturated heterocycles. The second-order valence-corrected chi connectivity index (χ2v) is 5.59. The van der Waals surface area contributed by atoms with Gasteiger partial charge < -0.3 is 0 Å². The van der Waals surface area contributed by atoms with Gasteiger partial charge in [0, 0.05) is 7.05 Å². The minimum atomic E-state index is -0.125. The number of halogens is 2. The van der Waals surface area contributed by atoms with Crippen molar-refractivity contribution in [2.45, 2.75) is 32.2 Å². The van der Waals surface area contributed by atoms with E-state index in [2.05, 4.69) is 38.3 Å². The number of nitrogens with zero attached hydrogens (tertiary/aromatic N) is 5. The molecule has 2 aromatic heterocycles. The van der Waals surface area contributed by atoms with E-state index in [0.29, 0.717) is 6.54 Å². The van der Waals surface area contributed by atoms with Crippen LogP contribution in [0.1, 0.15) is 36.3 Å². The molecule has 98 valence electrons. The van der Waals surface area contributed by atoms with E-state index >= 15 is 0 Å². The molecule has 0 aliphatic heterocycles. The molecule has 0 saturated carbocycles. The van der Waals surface area contributed by atoms with E-state index in [-0.39, 0.29) is 5.38 Å². The van der Waals surface area contributed by atoms with Crippen molar-refractivity contribution in [3.8, 4) is 0 Å². The van der Waals surface area contributed by atoms with Crippen LogP contribution in [0.3, 0.4) is 0 Å². The summed E-state index contributed by atoms with van der Waals surface area (Å²) in [6.07, 6.45) is 2.76. The first-order chi connectivity index (χ1) is 8.52. The van der Waals surface area contributed by atoms with Gasteiger partial charge >= 0.3 is 0 Å². The van der Waals surface area contributed by atoms with Gasteiger partial charge in [-0.15, -0.1) is 16.7 Å². The predicted octanol–water partition coefficient (Wildman–Crippen LogP) is 2.68. The second-order valence-electron chi connectivity index (χ2n) is 4.14. The Morgan fingerprint density at radius 1 is 1.50 bits per heavy atom. The highest BCUT2D eigenvalue weighted by Gasteiger charge is 2.14. The van der Waals surface area contributed by atoms with Gasteiger partial charge in [-0.05, 0) is 29.3 Å². The van der Waals surface area contributed by atoms with Crippen LogP contribution in [-0.4, -0.2) is 24.8 Å². The molecule has 0 aliphatic rings. The standard InChI is InChI=1S/C11H15BrClN5/c1-4-8-11(12)10(17(3)15-8)6-18-5-9(7(2)13)14-16-18/h5,7H,4,6H2,1-3H3. The summed E-state index contributed by atoms with van der Waals surface area (Å²) in [6, 6.07) is 0. The number of hydrogen-bond acceptors (Lipinski definition) is 3. The van der Waals surface area contributed by atoms with Gasteiger partial charge in [0.2, 0.25) is 0 Å². The lowest BCUT2D eigenvalue weighted by Gasteiger charge is -2.02. The summed E-state index contributed by atoms with van der Waals surface area (Å²) in [5.41, 5.74) is 2.91. The highest BCUT2D eigenvalue weighted by atomic mass is 79.9. The molecule has 0 amide bonds. The summed E-state index contributed by atoms with van der Waals surface area (Å²) in [4.78, 5) is 0. The van der Waals surface area contributed by atoms with Crippen molar-refractivity contribution in [2.75, 3.05) is 0 Å². The zero-order valence-corrected chi connectivity index (χ0v) is 12.9. The Hall–Kier alpha value is -0.880. The van der Waals surface area contributed by atoms with Crippen molar-refractivity contribution in [1.82, 2.24) is 24.8 Å². The van der Waals surface area contributed by atoms with Crippen LogP contribution in [0, 0.1) is 0 Å². The topological polar surface area (TPSA) is 48.5 Å². The maximum atomic E-state index is 5.97. The smallest absolute Gasteiger partial charge is 0.100 e. The van der Waals surface area contributed by atoms with Crippen molar-refractivity contribution in [2.24, 2.45) is 7.05 Å². The van der Waals surface area contributed by atoms with Crippen LogP contribution in [-0.2, 0) is 20.0 Å². The Kier molecular flexibility index (Phi) is 4.07. The number of aromatic nitrogens is 5. The van der Waals surface area contributed by atoms with Gasteiger partial charge in [-0.3, -0.25) is 4.68 Å². The fourth-order valence-electron chi connectivity index (χ4n) is 1.72. The summed E-state index contributed by atoms with van der Waals surface area (Å²) in [5.74, 6) is 0. The highest BCUT2D eigenvalue weighted by molar-refractivity contribution is 9.10. The SMILES string of the molecule is CCc1nn(C)c(Cn2cc(C(C)Cl)nn2)c1Br. The first kappa shape index (κ1) is 13.5. The average Bonchev–Trinajstić information content (AvgIpc) is 2.89. The molecule has 2 heterocycles. The molecule has 18 heavy (non-hydrogen) atoms. The van der Waals surface area contributed by atoms with E-state index in [1.807, 2.05) is 24.9 Å². The Bertz CT molecular complexity index is 546. The predicted molar refractivity (Wildman–Crippen MR) is 73.7 cm³/mol. The van der Waals surface area contributed by atoms with Gasteiger partial charge in [0.05, 0.1) is 34.0 Å². The van der Waals surface area contributed by atoms with Gasteiger partial charge in [0.1, 0.15) is 5.69 Å². The molecule has 0 bridgehead atoms. The molecule has 0 radical (unpaired) electrons. The molecule has 5 nitrogen and oxygen atoms in total. The zero-order valence-electron chi connectivity index (χ0n) is 10.6. The van der Waals surface area contributed by atoms with Crippen LogP contribution in [0.5, 0.6) is 0 Å². The van der Waals surface area contributed by atoms with E-state index in [1.165, 1.54) is 0 Å². The van der Waals surface area contributed by atoms with Gasteiger partial charge in [-0.25, -0.2) is 4.68 Å². The summed E-state index contributed by atoms with van der Waals surface area (Å²) in [5, 5.41) is 12.4. The molecule has 0 spiro atoms. The number of hydrogen-bond donors (Lipinski definition) is 0. The number of rotatable bonds is 4. The average molecular weight is 333 g/mol. The first-order valence-corrected chi connectivity index (χ1v) is 7.00. The lowest BCUT2D eigenvalue weighted by atomic mass is 10.3. The molecule has 0 aromatic carbocycles. The van der Waals surface area contributed by atoms with Crippen molar-refractivity contribution in [1.29, 1.82) is 0 Å². The van der Waals surface area contributed by atoms with E-state index < -0.39 is 0 Å². The van der Waals surface area contributed by atoms with Crippen LogP contribution < -0.4 is 0 Å². The largest absolute Gasteiger partial charge is 0.269 e. The fourth-order valence-corrected chi connectivity index (χ4v) is 2.56. The summed E-state index contributed by atoms with van der Waals surface area (Å²) in [7, 11) is 1.93. The van der Waals surface area contributed by atoms with Crippen LogP contribution in [0.4, 0.5) is 0 Å². The third kappa shape index (κ3) is 2.59. The molecule has 0 fully saturated rings. The fraction of sp³-hybridized carbons (Fsp3) is 0.545. The van der Waals surface area contributed by atoms with E-state index in [0.717, 1.165) is 28.0 Å². The van der Waals surface area contributed by atoms with Crippen molar-refractivity contribution in [3.63, 3.8) is 0 Å². The normalized spacial score (nSPS) is 12.9. The Balaban J connectivity index is 2.25. The number of alkyl halides is 1. The molecule has 2 aromatic rings. The molecular formula is C11H15BrClN5. The van der Waals surface area contributed by atoms with Gasteiger partial charge in [-0.1, -0.05) is 12.1 Å².